The fraction of sp³-hybridized carbons (Fsp3) is 0.500. The first-order valence-corrected chi connectivity index (χ1v) is 6.17. The van der Waals surface area contributed by atoms with E-state index in [4.69, 9.17) is 5.73 Å². The molecule has 2 aromatic heterocycles. The highest BCUT2D eigenvalue weighted by atomic mass is 32.1. The van der Waals surface area contributed by atoms with Crippen LogP contribution in [0.25, 0.3) is 0 Å². The molecule has 0 unspecified atom stereocenters. The lowest BCUT2D eigenvalue weighted by molar-refractivity contribution is 0.623. The van der Waals surface area contributed by atoms with Crippen LogP contribution in [0, 0.1) is 6.92 Å². The van der Waals surface area contributed by atoms with E-state index in [9.17, 15) is 0 Å². The van der Waals surface area contributed by atoms with Crippen LogP contribution in [-0.2, 0) is 13.0 Å². The number of hydrogen-bond acceptors (Lipinski definition) is 5. The fourth-order valence-electron chi connectivity index (χ4n) is 1.43. The van der Waals surface area contributed by atoms with Gasteiger partial charge in [0.25, 0.3) is 0 Å². The van der Waals surface area contributed by atoms with Crippen LogP contribution in [-0.4, -0.2) is 20.0 Å². The molecule has 5 nitrogen and oxygen atoms in total. The molecule has 0 saturated heterocycles. The van der Waals surface area contributed by atoms with Crippen molar-refractivity contribution in [3.05, 3.63) is 21.8 Å². The van der Waals surface area contributed by atoms with Crippen LogP contribution in [0.15, 0.2) is 5.38 Å². The van der Waals surface area contributed by atoms with Gasteiger partial charge < -0.3 is 5.73 Å². The van der Waals surface area contributed by atoms with Crippen molar-refractivity contribution < 1.29 is 0 Å². The predicted molar refractivity (Wildman–Crippen MR) is 64.4 cm³/mol. The Morgan fingerprint density at radius 1 is 1.50 bits per heavy atom. The molecule has 0 radical (unpaired) electrons. The number of nitrogen functional groups attached to an aromatic ring is 1. The number of rotatable bonds is 4. The molecule has 16 heavy (non-hydrogen) atoms. The number of anilines is 1. The molecular formula is C10H15N5S. The van der Waals surface area contributed by atoms with Crippen molar-refractivity contribution in [3.8, 4) is 0 Å². The minimum atomic E-state index is 0.490. The highest BCUT2D eigenvalue weighted by Gasteiger charge is 2.07. The van der Waals surface area contributed by atoms with E-state index in [2.05, 4.69) is 27.6 Å². The predicted octanol–water partition coefficient (Wildman–Crippen LogP) is 1.63. The normalized spacial score (nSPS) is 10.9. The Balaban J connectivity index is 2.11. The van der Waals surface area contributed by atoms with Crippen molar-refractivity contribution in [2.45, 2.75) is 33.2 Å². The fourth-order valence-corrected chi connectivity index (χ4v) is 2.32. The van der Waals surface area contributed by atoms with Crippen LogP contribution in [0.5, 0.6) is 0 Å². The first kappa shape index (κ1) is 11.1. The highest BCUT2D eigenvalue weighted by molar-refractivity contribution is 7.09. The number of hydrogen-bond donors (Lipinski definition) is 1. The van der Waals surface area contributed by atoms with Crippen LogP contribution in [0.4, 0.5) is 5.82 Å². The number of nitrogens with zero attached hydrogens (tertiary/aromatic N) is 4. The summed E-state index contributed by atoms with van der Waals surface area (Å²) in [6, 6.07) is 0. The Morgan fingerprint density at radius 3 is 2.94 bits per heavy atom. The van der Waals surface area contributed by atoms with Crippen molar-refractivity contribution in [2.24, 2.45) is 0 Å². The van der Waals surface area contributed by atoms with E-state index >= 15 is 0 Å². The molecule has 0 aromatic carbocycles. The number of aromatic nitrogens is 4. The Morgan fingerprint density at radius 2 is 2.31 bits per heavy atom. The molecule has 0 fully saturated rings. The van der Waals surface area contributed by atoms with Crippen LogP contribution < -0.4 is 5.73 Å². The van der Waals surface area contributed by atoms with Gasteiger partial charge in [0.1, 0.15) is 0 Å². The molecule has 0 aliphatic carbocycles. The summed E-state index contributed by atoms with van der Waals surface area (Å²) in [6.45, 7) is 4.72. The first-order valence-electron chi connectivity index (χ1n) is 5.29. The average Bonchev–Trinajstić information content (AvgIpc) is 2.82. The summed E-state index contributed by atoms with van der Waals surface area (Å²) in [5.74, 6) is 0.490. The lowest BCUT2D eigenvalue weighted by Crippen LogP contribution is -2.04. The van der Waals surface area contributed by atoms with Crippen molar-refractivity contribution in [3.63, 3.8) is 0 Å². The van der Waals surface area contributed by atoms with Crippen LogP contribution >= 0.6 is 11.3 Å². The molecule has 0 spiro atoms. The number of aryl methyl sites for hydroxylation is 1. The third-order valence-corrected chi connectivity index (χ3v) is 3.35. The average molecular weight is 237 g/mol. The lowest BCUT2D eigenvalue weighted by atomic mass is 10.3. The van der Waals surface area contributed by atoms with E-state index in [-0.39, 0.29) is 0 Å². The summed E-state index contributed by atoms with van der Waals surface area (Å²) >= 11 is 1.70. The van der Waals surface area contributed by atoms with Crippen molar-refractivity contribution >= 4 is 17.2 Å². The monoisotopic (exact) mass is 237 g/mol. The van der Waals surface area contributed by atoms with Gasteiger partial charge in [-0.2, -0.15) is 0 Å². The zero-order chi connectivity index (χ0) is 11.5. The maximum atomic E-state index is 5.63. The molecule has 0 saturated carbocycles. The minimum Gasteiger partial charge on any atom is -0.381 e. The summed E-state index contributed by atoms with van der Waals surface area (Å²) in [5, 5.41) is 11.0. The van der Waals surface area contributed by atoms with E-state index in [1.54, 1.807) is 16.0 Å². The molecule has 2 heterocycles. The summed E-state index contributed by atoms with van der Waals surface area (Å²) in [4.78, 5) is 4.53. The van der Waals surface area contributed by atoms with Gasteiger partial charge in [-0.05, 0) is 19.8 Å². The standard InChI is InChI=1S/C10H15N5S/c1-3-4-9-12-8(6-16-9)5-15-7(2)10(11)13-14-15/h6H,3-5,11H2,1-2H3. The molecule has 0 atom stereocenters. The quantitative estimate of drug-likeness (QED) is 0.877. The van der Waals surface area contributed by atoms with Gasteiger partial charge in [-0.25, -0.2) is 9.67 Å². The van der Waals surface area contributed by atoms with Gasteiger partial charge in [-0.3, -0.25) is 0 Å². The second-order valence-corrected chi connectivity index (χ2v) is 4.64. The van der Waals surface area contributed by atoms with Crippen LogP contribution in [0.3, 0.4) is 0 Å². The van der Waals surface area contributed by atoms with E-state index in [1.165, 1.54) is 5.01 Å². The molecule has 0 amide bonds. The Kier molecular flexibility index (Phi) is 3.19. The maximum Gasteiger partial charge on any atom is 0.168 e. The lowest BCUT2D eigenvalue weighted by Gasteiger charge is -1.99. The SMILES string of the molecule is CCCc1nc(Cn2nnc(N)c2C)cs1. The molecule has 0 aliphatic heterocycles. The summed E-state index contributed by atoms with van der Waals surface area (Å²) in [5.41, 5.74) is 7.56. The Labute approximate surface area is 98.3 Å². The molecule has 2 aromatic rings. The number of nitrogens with two attached hydrogens (primary N) is 1. The molecule has 6 heteroatoms. The van der Waals surface area contributed by atoms with Gasteiger partial charge in [0.05, 0.1) is 22.9 Å². The van der Waals surface area contributed by atoms with E-state index in [0.29, 0.717) is 12.4 Å². The first-order chi connectivity index (χ1) is 7.70. The van der Waals surface area contributed by atoms with Crippen LogP contribution in [0.1, 0.15) is 29.7 Å². The number of thiazole rings is 1. The summed E-state index contributed by atoms with van der Waals surface area (Å²) in [6.07, 6.45) is 2.17. The Bertz CT molecular complexity index is 473. The Hall–Kier alpha value is -1.43. The van der Waals surface area contributed by atoms with Gasteiger partial charge in [0.15, 0.2) is 5.82 Å². The summed E-state index contributed by atoms with van der Waals surface area (Å²) < 4.78 is 1.78. The zero-order valence-corrected chi connectivity index (χ0v) is 10.3. The van der Waals surface area contributed by atoms with Gasteiger partial charge in [0, 0.05) is 5.38 Å². The van der Waals surface area contributed by atoms with Gasteiger partial charge in [-0.1, -0.05) is 12.1 Å². The van der Waals surface area contributed by atoms with E-state index < -0.39 is 0 Å². The molecule has 0 aliphatic rings. The molecule has 2 rings (SSSR count). The smallest absolute Gasteiger partial charge is 0.168 e. The summed E-state index contributed by atoms with van der Waals surface area (Å²) in [7, 11) is 0. The second kappa shape index (κ2) is 4.61. The third kappa shape index (κ3) is 2.21. The largest absolute Gasteiger partial charge is 0.381 e. The van der Waals surface area contributed by atoms with Gasteiger partial charge in [0.2, 0.25) is 0 Å². The van der Waals surface area contributed by atoms with E-state index in [0.717, 1.165) is 24.2 Å². The molecular weight excluding hydrogens is 222 g/mol. The maximum absolute atomic E-state index is 5.63. The van der Waals surface area contributed by atoms with Crippen molar-refractivity contribution in [2.75, 3.05) is 5.73 Å². The van der Waals surface area contributed by atoms with E-state index in [1.807, 2.05) is 6.92 Å². The third-order valence-electron chi connectivity index (χ3n) is 2.39. The topological polar surface area (TPSA) is 69.6 Å². The zero-order valence-electron chi connectivity index (χ0n) is 9.47. The molecule has 86 valence electrons. The van der Waals surface area contributed by atoms with Crippen molar-refractivity contribution in [1.29, 1.82) is 0 Å². The minimum absolute atomic E-state index is 0.490. The highest BCUT2D eigenvalue weighted by Crippen LogP contribution is 2.14. The molecule has 0 bridgehead atoms. The molecule has 2 N–H and O–H groups in total. The van der Waals surface area contributed by atoms with Gasteiger partial charge in [-0.15, -0.1) is 16.4 Å². The second-order valence-electron chi connectivity index (χ2n) is 3.70. The van der Waals surface area contributed by atoms with Crippen LogP contribution in [0.2, 0.25) is 0 Å². The van der Waals surface area contributed by atoms with Crippen molar-refractivity contribution in [1.82, 2.24) is 20.0 Å². The van der Waals surface area contributed by atoms with Gasteiger partial charge >= 0.3 is 0 Å².